The molecule has 1 atom stereocenters. The molecule has 0 radical (unpaired) electrons. The molecule has 0 spiro atoms. The largest absolute Gasteiger partial charge is 0.462 e. The Balaban J connectivity index is 4.36. The molecule has 0 aromatic rings. The Labute approximate surface area is 344 Å². The lowest BCUT2D eigenvalue weighted by atomic mass is 10.1. The summed E-state index contributed by atoms with van der Waals surface area (Å²) >= 11 is 0. The van der Waals surface area contributed by atoms with Crippen LogP contribution in [0.25, 0.3) is 0 Å². The van der Waals surface area contributed by atoms with E-state index in [0.29, 0.717) is 12.8 Å². The van der Waals surface area contributed by atoms with Crippen molar-refractivity contribution in [3.8, 4) is 0 Å². The van der Waals surface area contributed by atoms with Gasteiger partial charge in [-0.15, -0.1) is 0 Å². The third kappa shape index (κ3) is 41.7. The smallest absolute Gasteiger partial charge is 0.310 e. The van der Waals surface area contributed by atoms with E-state index in [1.807, 2.05) is 6.08 Å². The Morgan fingerprint density at radius 1 is 0.393 bits per heavy atom. The highest BCUT2D eigenvalue weighted by molar-refractivity contribution is 5.72. The van der Waals surface area contributed by atoms with Gasteiger partial charge in [0.1, 0.15) is 13.2 Å². The highest BCUT2D eigenvalue weighted by atomic mass is 16.6. The van der Waals surface area contributed by atoms with E-state index < -0.39 is 12.1 Å². The Kier molecular flexibility index (Phi) is 41.6. The van der Waals surface area contributed by atoms with Gasteiger partial charge in [0.15, 0.2) is 6.10 Å². The van der Waals surface area contributed by atoms with Gasteiger partial charge in [0, 0.05) is 12.8 Å². The summed E-state index contributed by atoms with van der Waals surface area (Å²) < 4.78 is 16.5. The van der Waals surface area contributed by atoms with Gasteiger partial charge >= 0.3 is 17.9 Å². The Hall–Kier alpha value is -3.41. The van der Waals surface area contributed by atoms with Crippen LogP contribution in [-0.2, 0) is 28.6 Å². The third-order valence-corrected chi connectivity index (χ3v) is 9.17. The lowest BCUT2D eigenvalue weighted by molar-refractivity contribution is -0.166. The average molecular weight is 779 g/mol. The SMILES string of the molecule is CC/C=C\C/C=C\C/C=C\C/C=C\C/C=C\CC(=O)OC(COC(=O)CCCCCCC)COC(=O)CCCCCCCCC/C=C\C/C=C\CCCCCC. The number of hydrogen-bond donors (Lipinski definition) is 0. The first-order chi connectivity index (χ1) is 27.5. The number of allylic oxidation sites excluding steroid dienone is 13. The molecule has 0 aliphatic carbocycles. The van der Waals surface area contributed by atoms with Crippen molar-refractivity contribution < 1.29 is 28.6 Å². The molecule has 0 saturated heterocycles. The summed E-state index contributed by atoms with van der Waals surface area (Å²) in [4.78, 5) is 37.4. The maximum Gasteiger partial charge on any atom is 0.310 e. The Bertz CT molecular complexity index is 1120. The first kappa shape index (κ1) is 52.6. The van der Waals surface area contributed by atoms with Crippen molar-refractivity contribution in [2.45, 2.75) is 200 Å². The molecule has 6 nitrogen and oxygen atoms in total. The normalized spacial score (nSPS) is 12.8. The lowest BCUT2D eigenvalue weighted by Gasteiger charge is -2.18. The molecule has 1 unspecified atom stereocenters. The highest BCUT2D eigenvalue weighted by Gasteiger charge is 2.19. The van der Waals surface area contributed by atoms with Crippen molar-refractivity contribution in [2.24, 2.45) is 0 Å². The number of rotatable bonds is 39. The predicted octanol–water partition coefficient (Wildman–Crippen LogP) is 14.5. The summed E-state index contributed by atoms with van der Waals surface area (Å²) in [5.41, 5.74) is 0. The number of hydrogen-bond acceptors (Lipinski definition) is 6. The van der Waals surface area contributed by atoms with E-state index in [4.69, 9.17) is 14.2 Å². The van der Waals surface area contributed by atoms with Crippen LogP contribution in [0.1, 0.15) is 194 Å². The van der Waals surface area contributed by atoms with Crippen LogP contribution in [-0.4, -0.2) is 37.2 Å². The molecule has 0 aliphatic rings. The molecule has 0 heterocycles. The fraction of sp³-hybridized carbons (Fsp3) is 0.660. The van der Waals surface area contributed by atoms with Crippen molar-refractivity contribution in [3.05, 3.63) is 85.1 Å². The summed E-state index contributed by atoms with van der Waals surface area (Å²) in [6.45, 7) is 6.30. The monoisotopic (exact) mass is 779 g/mol. The van der Waals surface area contributed by atoms with Crippen LogP contribution in [0.15, 0.2) is 85.1 Å². The number of unbranched alkanes of at least 4 members (excludes halogenated alkanes) is 15. The summed E-state index contributed by atoms with van der Waals surface area (Å²) in [6.07, 6.45) is 56.2. The predicted molar refractivity (Wildman–Crippen MR) is 237 cm³/mol. The number of carbonyl (C=O) groups is 3. The molecule has 6 heteroatoms. The minimum absolute atomic E-state index is 0.0942. The van der Waals surface area contributed by atoms with Crippen LogP contribution in [0.3, 0.4) is 0 Å². The maximum atomic E-state index is 12.6. The van der Waals surface area contributed by atoms with Crippen molar-refractivity contribution in [1.29, 1.82) is 0 Å². The van der Waals surface area contributed by atoms with E-state index in [-0.39, 0.29) is 31.6 Å². The van der Waals surface area contributed by atoms with Crippen LogP contribution >= 0.6 is 0 Å². The van der Waals surface area contributed by atoms with Gasteiger partial charge in [-0.2, -0.15) is 0 Å². The maximum absolute atomic E-state index is 12.6. The van der Waals surface area contributed by atoms with Gasteiger partial charge in [-0.1, -0.05) is 183 Å². The topological polar surface area (TPSA) is 78.9 Å². The molecule has 0 bridgehead atoms. The molecular formula is C50H82O6. The standard InChI is InChI=1S/C50H82O6/c1-4-7-10-13-15-17-19-21-23-24-25-27-28-30-32-34-37-40-43-49(52)55-46-47(45-54-48(51)42-39-36-12-9-6-3)56-50(53)44-41-38-35-33-31-29-26-22-20-18-16-14-11-8-5-2/h8,11,16-19,22-24,26,31,33,38,41,47H,4-7,9-10,12-15,20-21,25,27-30,32,34-37,39-40,42-46H2,1-3H3/b11-8-,18-16-,19-17-,24-23-,26-22-,33-31-,41-38-. The van der Waals surface area contributed by atoms with E-state index in [9.17, 15) is 14.4 Å². The van der Waals surface area contributed by atoms with Gasteiger partial charge in [0.2, 0.25) is 0 Å². The number of esters is 3. The van der Waals surface area contributed by atoms with Crippen LogP contribution in [0, 0.1) is 0 Å². The fourth-order valence-electron chi connectivity index (χ4n) is 5.78. The second kappa shape index (κ2) is 44.3. The number of carbonyl (C=O) groups excluding carboxylic acids is 3. The van der Waals surface area contributed by atoms with E-state index in [0.717, 1.165) is 96.3 Å². The summed E-state index contributed by atoms with van der Waals surface area (Å²) in [5.74, 6) is -1.08. The first-order valence-corrected chi connectivity index (χ1v) is 22.6. The zero-order valence-corrected chi connectivity index (χ0v) is 36.1. The summed E-state index contributed by atoms with van der Waals surface area (Å²) in [6, 6.07) is 0. The molecule has 0 rings (SSSR count). The minimum atomic E-state index is -0.829. The van der Waals surface area contributed by atoms with E-state index >= 15 is 0 Å². The van der Waals surface area contributed by atoms with Crippen molar-refractivity contribution >= 4 is 17.9 Å². The third-order valence-electron chi connectivity index (χ3n) is 9.17. The van der Waals surface area contributed by atoms with Crippen LogP contribution in [0.4, 0.5) is 0 Å². The Morgan fingerprint density at radius 2 is 0.750 bits per heavy atom. The van der Waals surface area contributed by atoms with E-state index in [1.54, 1.807) is 6.08 Å². The molecule has 0 aromatic heterocycles. The highest BCUT2D eigenvalue weighted by Crippen LogP contribution is 2.12. The number of ether oxygens (including phenoxy) is 3. The van der Waals surface area contributed by atoms with Crippen LogP contribution in [0.2, 0.25) is 0 Å². The Morgan fingerprint density at radius 3 is 1.20 bits per heavy atom. The molecular weight excluding hydrogens is 697 g/mol. The van der Waals surface area contributed by atoms with Crippen molar-refractivity contribution in [1.82, 2.24) is 0 Å². The van der Waals surface area contributed by atoms with Gasteiger partial charge in [-0.3, -0.25) is 14.4 Å². The fourth-order valence-corrected chi connectivity index (χ4v) is 5.78. The average Bonchev–Trinajstić information content (AvgIpc) is 3.19. The lowest BCUT2D eigenvalue weighted by Crippen LogP contribution is -2.30. The second-order valence-corrected chi connectivity index (χ2v) is 14.6. The molecule has 0 saturated carbocycles. The molecule has 56 heavy (non-hydrogen) atoms. The summed E-state index contributed by atoms with van der Waals surface area (Å²) in [7, 11) is 0. The molecule has 0 aliphatic heterocycles. The van der Waals surface area contributed by atoms with Crippen LogP contribution < -0.4 is 0 Å². The molecule has 0 amide bonds. The second-order valence-electron chi connectivity index (χ2n) is 14.6. The molecule has 0 aromatic carbocycles. The molecule has 0 N–H and O–H groups in total. The minimum Gasteiger partial charge on any atom is -0.462 e. The van der Waals surface area contributed by atoms with Gasteiger partial charge in [0.25, 0.3) is 0 Å². The van der Waals surface area contributed by atoms with Crippen molar-refractivity contribution in [2.75, 3.05) is 13.2 Å². The van der Waals surface area contributed by atoms with Gasteiger partial charge < -0.3 is 14.2 Å². The molecule has 0 fully saturated rings. The van der Waals surface area contributed by atoms with Gasteiger partial charge in [-0.25, -0.2) is 0 Å². The quantitative estimate of drug-likeness (QED) is 0.0268. The van der Waals surface area contributed by atoms with Gasteiger partial charge in [-0.05, 0) is 77.0 Å². The zero-order valence-electron chi connectivity index (χ0n) is 36.1. The zero-order chi connectivity index (χ0) is 40.8. The molecule has 318 valence electrons. The van der Waals surface area contributed by atoms with Crippen molar-refractivity contribution in [3.63, 3.8) is 0 Å². The van der Waals surface area contributed by atoms with Crippen LogP contribution in [0.5, 0.6) is 0 Å². The van der Waals surface area contributed by atoms with E-state index in [2.05, 4.69) is 93.7 Å². The van der Waals surface area contributed by atoms with E-state index in [1.165, 1.54) is 57.8 Å². The summed E-state index contributed by atoms with van der Waals surface area (Å²) in [5, 5.41) is 0. The van der Waals surface area contributed by atoms with Gasteiger partial charge in [0.05, 0.1) is 6.42 Å². The first-order valence-electron chi connectivity index (χ1n) is 22.6.